The quantitative estimate of drug-likeness (QED) is 0.748. The lowest BCUT2D eigenvalue weighted by Crippen LogP contribution is -2.23. The molecule has 3 heteroatoms. The minimum atomic E-state index is 0.239. The zero-order valence-corrected chi connectivity index (χ0v) is 10.9. The second-order valence-electron chi connectivity index (χ2n) is 4.29. The van der Waals surface area contributed by atoms with Gasteiger partial charge < -0.3 is 5.32 Å². The molecule has 0 saturated carbocycles. The molecule has 90 valence electrons. The third-order valence-electron chi connectivity index (χ3n) is 2.67. The normalized spacial score (nSPS) is 12.8. The van der Waals surface area contributed by atoms with Crippen LogP contribution in [-0.4, -0.2) is 16.3 Å². The van der Waals surface area contributed by atoms with Crippen LogP contribution in [0, 0.1) is 0 Å². The maximum atomic E-state index is 4.48. The van der Waals surface area contributed by atoms with E-state index in [0.717, 1.165) is 25.0 Å². The van der Waals surface area contributed by atoms with Gasteiger partial charge in [-0.3, -0.25) is 4.68 Å². The van der Waals surface area contributed by atoms with Gasteiger partial charge in [0.15, 0.2) is 0 Å². The Morgan fingerprint density at radius 1 is 1.56 bits per heavy atom. The van der Waals surface area contributed by atoms with E-state index in [1.54, 1.807) is 0 Å². The largest absolute Gasteiger partial charge is 0.306 e. The number of aryl methyl sites for hydroxylation is 2. The molecular formula is C13H23N3. The van der Waals surface area contributed by atoms with Crippen LogP contribution in [0.25, 0.3) is 0 Å². The highest BCUT2D eigenvalue weighted by molar-refractivity contribution is 5.28. The molecule has 0 bridgehead atoms. The molecule has 1 rings (SSSR count). The predicted octanol–water partition coefficient (Wildman–Crippen LogP) is 2.60. The van der Waals surface area contributed by atoms with Crippen molar-refractivity contribution in [2.24, 2.45) is 7.05 Å². The van der Waals surface area contributed by atoms with E-state index in [1.165, 1.54) is 11.3 Å². The van der Waals surface area contributed by atoms with Crippen molar-refractivity contribution in [3.05, 3.63) is 29.6 Å². The molecule has 0 spiro atoms. The van der Waals surface area contributed by atoms with Crippen molar-refractivity contribution in [2.45, 2.75) is 39.7 Å². The van der Waals surface area contributed by atoms with E-state index in [0.29, 0.717) is 0 Å². The predicted molar refractivity (Wildman–Crippen MR) is 68.4 cm³/mol. The SMILES string of the molecule is C=C(C)C(NCCC)c1cn(C)nc1CC. The van der Waals surface area contributed by atoms with Gasteiger partial charge >= 0.3 is 0 Å². The third-order valence-corrected chi connectivity index (χ3v) is 2.67. The first-order valence-corrected chi connectivity index (χ1v) is 6.01. The van der Waals surface area contributed by atoms with Gasteiger partial charge in [0.2, 0.25) is 0 Å². The van der Waals surface area contributed by atoms with E-state index in [9.17, 15) is 0 Å². The molecule has 0 fully saturated rings. The summed E-state index contributed by atoms with van der Waals surface area (Å²) in [5, 5.41) is 8.00. The summed E-state index contributed by atoms with van der Waals surface area (Å²) in [6, 6.07) is 0.239. The van der Waals surface area contributed by atoms with E-state index in [2.05, 4.69) is 44.0 Å². The van der Waals surface area contributed by atoms with Gasteiger partial charge in [-0.25, -0.2) is 0 Å². The van der Waals surface area contributed by atoms with Crippen molar-refractivity contribution in [3.63, 3.8) is 0 Å². The molecule has 0 amide bonds. The van der Waals surface area contributed by atoms with Crippen LogP contribution in [0.15, 0.2) is 18.3 Å². The molecule has 1 aromatic heterocycles. The van der Waals surface area contributed by atoms with Crippen LogP contribution in [0.4, 0.5) is 0 Å². The highest BCUT2D eigenvalue weighted by atomic mass is 15.3. The number of aromatic nitrogens is 2. The van der Waals surface area contributed by atoms with Gasteiger partial charge in [-0.15, -0.1) is 0 Å². The van der Waals surface area contributed by atoms with Crippen LogP contribution in [0.2, 0.25) is 0 Å². The first kappa shape index (κ1) is 13.0. The van der Waals surface area contributed by atoms with E-state index in [1.807, 2.05) is 11.7 Å². The zero-order chi connectivity index (χ0) is 12.1. The zero-order valence-electron chi connectivity index (χ0n) is 10.9. The molecule has 1 N–H and O–H groups in total. The Hall–Kier alpha value is -1.09. The fourth-order valence-electron chi connectivity index (χ4n) is 1.91. The molecule has 0 radical (unpaired) electrons. The smallest absolute Gasteiger partial charge is 0.0672 e. The molecule has 1 atom stereocenters. The molecule has 1 aromatic rings. The van der Waals surface area contributed by atoms with E-state index >= 15 is 0 Å². The molecule has 0 aliphatic rings. The lowest BCUT2D eigenvalue weighted by Gasteiger charge is -2.18. The second-order valence-corrected chi connectivity index (χ2v) is 4.29. The summed E-state index contributed by atoms with van der Waals surface area (Å²) < 4.78 is 1.89. The van der Waals surface area contributed by atoms with Crippen LogP contribution in [0.3, 0.4) is 0 Å². The Kier molecular flexibility index (Phi) is 4.74. The van der Waals surface area contributed by atoms with Gasteiger partial charge in [-0.2, -0.15) is 5.10 Å². The Bertz CT molecular complexity index is 352. The van der Waals surface area contributed by atoms with Gasteiger partial charge in [0.25, 0.3) is 0 Å². The first-order chi connectivity index (χ1) is 7.60. The van der Waals surface area contributed by atoms with Crippen LogP contribution >= 0.6 is 0 Å². The van der Waals surface area contributed by atoms with Gasteiger partial charge in [0.05, 0.1) is 11.7 Å². The van der Waals surface area contributed by atoms with Crippen molar-refractivity contribution in [1.82, 2.24) is 15.1 Å². The van der Waals surface area contributed by atoms with Crippen molar-refractivity contribution in [1.29, 1.82) is 0 Å². The van der Waals surface area contributed by atoms with Crippen LogP contribution in [-0.2, 0) is 13.5 Å². The topological polar surface area (TPSA) is 29.9 Å². The minimum Gasteiger partial charge on any atom is -0.306 e. The molecule has 3 nitrogen and oxygen atoms in total. The molecule has 0 saturated heterocycles. The standard InChI is InChI=1S/C13H23N3/c1-6-8-14-13(10(3)4)11-9-16(5)15-12(11)7-2/h9,13-14H,3,6-8H2,1-2,4-5H3. The van der Waals surface area contributed by atoms with E-state index in [4.69, 9.17) is 0 Å². The van der Waals surface area contributed by atoms with Crippen LogP contribution in [0.5, 0.6) is 0 Å². The molecule has 1 unspecified atom stereocenters. The van der Waals surface area contributed by atoms with Crippen molar-refractivity contribution < 1.29 is 0 Å². The number of nitrogens with zero attached hydrogens (tertiary/aromatic N) is 2. The fourth-order valence-corrected chi connectivity index (χ4v) is 1.91. The number of nitrogens with one attached hydrogen (secondary N) is 1. The minimum absolute atomic E-state index is 0.239. The Labute approximate surface area is 98.5 Å². The van der Waals surface area contributed by atoms with Crippen molar-refractivity contribution >= 4 is 0 Å². The van der Waals surface area contributed by atoms with Crippen molar-refractivity contribution in [2.75, 3.05) is 6.54 Å². The van der Waals surface area contributed by atoms with Crippen LogP contribution in [0.1, 0.15) is 44.5 Å². The summed E-state index contributed by atoms with van der Waals surface area (Å²) >= 11 is 0. The summed E-state index contributed by atoms with van der Waals surface area (Å²) in [5.74, 6) is 0. The average Bonchev–Trinajstić information content (AvgIpc) is 2.60. The molecule has 16 heavy (non-hydrogen) atoms. The molecule has 1 heterocycles. The lowest BCUT2D eigenvalue weighted by molar-refractivity contribution is 0.587. The monoisotopic (exact) mass is 221 g/mol. The molecular weight excluding hydrogens is 198 g/mol. The molecule has 0 aliphatic heterocycles. The summed E-state index contributed by atoms with van der Waals surface area (Å²) in [6.07, 6.45) is 4.19. The Morgan fingerprint density at radius 3 is 2.75 bits per heavy atom. The van der Waals surface area contributed by atoms with E-state index in [-0.39, 0.29) is 6.04 Å². The summed E-state index contributed by atoms with van der Waals surface area (Å²) in [4.78, 5) is 0. The fraction of sp³-hybridized carbons (Fsp3) is 0.615. The Morgan fingerprint density at radius 2 is 2.25 bits per heavy atom. The van der Waals surface area contributed by atoms with Gasteiger partial charge in [-0.05, 0) is 26.3 Å². The Balaban J connectivity index is 2.95. The third kappa shape index (κ3) is 2.95. The van der Waals surface area contributed by atoms with Gasteiger partial charge in [0, 0.05) is 18.8 Å². The number of hydrogen-bond donors (Lipinski definition) is 1. The van der Waals surface area contributed by atoms with Crippen molar-refractivity contribution in [3.8, 4) is 0 Å². The summed E-state index contributed by atoms with van der Waals surface area (Å²) in [5.41, 5.74) is 3.58. The van der Waals surface area contributed by atoms with Crippen LogP contribution < -0.4 is 5.32 Å². The number of rotatable bonds is 6. The lowest BCUT2D eigenvalue weighted by atomic mass is 10.0. The van der Waals surface area contributed by atoms with Gasteiger partial charge in [0.1, 0.15) is 0 Å². The van der Waals surface area contributed by atoms with E-state index < -0.39 is 0 Å². The first-order valence-electron chi connectivity index (χ1n) is 6.01. The summed E-state index contributed by atoms with van der Waals surface area (Å²) in [6.45, 7) is 11.5. The maximum Gasteiger partial charge on any atom is 0.0672 e. The highest BCUT2D eigenvalue weighted by Crippen LogP contribution is 2.23. The average molecular weight is 221 g/mol. The molecule has 0 aliphatic carbocycles. The maximum absolute atomic E-state index is 4.48. The van der Waals surface area contributed by atoms with Gasteiger partial charge in [-0.1, -0.05) is 26.0 Å². The summed E-state index contributed by atoms with van der Waals surface area (Å²) in [7, 11) is 1.97. The number of hydrogen-bond acceptors (Lipinski definition) is 2. The molecule has 0 aromatic carbocycles. The highest BCUT2D eigenvalue weighted by Gasteiger charge is 2.17. The second kappa shape index (κ2) is 5.85.